The molecule has 0 amide bonds. The van der Waals surface area contributed by atoms with Gasteiger partial charge in [0.15, 0.2) is 5.82 Å². The normalized spacial score (nSPS) is 11.5. The largest absolute Gasteiger partial charge is 0.252 e. The summed E-state index contributed by atoms with van der Waals surface area (Å²) in [7, 11) is 0. The van der Waals surface area contributed by atoms with Gasteiger partial charge in [-0.25, -0.2) is 19.9 Å². The molecule has 0 N–H and O–H groups in total. The van der Waals surface area contributed by atoms with Crippen LogP contribution in [0, 0.1) is 0 Å². The van der Waals surface area contributed by atoms with E-state index in [9.17, 15) is 0 Å². The van der Waals surface area contributed by atoms with Crippen molar-refractivity contribution < 1.29 is 0 Å². The molecular formula is C56H34N6. The second-order valence-corrected chi connectivity index (χ2v) is 15.6. The molecule has 0 saturated heterocycles. The van der Waals surface area contributed by atoms with Crippen molar-refractivity contribution >= 4 is 54.5 Å². The molecule has 0 radical (unpaired) electrons. The Morgan fingerprint density at radius 3 is 1.35 bits per heavy atom. The zero-order valence-corrected chi connectivity index (χ0v) is 33.3. The highest BCUT2D eigenvalue weighted by molar-refractivity contribution is 6.06. The average Bonchev–Trinajstić information content (AvgIpc) is 3.35. The maximum Gasteiger partial charge on any atom is 0.160 e. The predicted molar refractivity (Wildman–Crippen MR) is 253 cm³/mol. The lowest BCUT2D eigenvalue weighted by molar-refractivity contribution is 1.23. The van der Waals surface area contributed by atoms with Crippen molar-refractivity contribution in [2.45, 2.75) is 0 Å². The van der Waals surface area contributed by atoms with Gasteiger partial charge in [0.1, 0.15) is 0 Å². The van der Waals surface area contributed by atoms with Gasteiger partial charge in [0.05, 0.1) is 57.1 Å². The first-order chi connectivity index (χ1) is 30.7. The molecule has 0 bridgehead atoms. The van der Waals surface area contributed by atoms with Gasteiger partial charge in [0.2, 0.25) is 0 Å². The molecule has 0 aliphatic carbocycles. The molecule has 9 aromatic carbocycles. The fourth-order valence-electron chi connectivity index (χ4n) is 8.48. The molecule has 0 aliphatic heterocycles. The molecule has 6 nitrogen and oxygen atoms in total. The molecule has 6 heteroatoms. The zero-order chi connectivity index (χ0) is 41.0. The fourth-order valence-corrected chi connectivity index (χ4v) is 8.48. The SMILES string of the molecule is c1ccc2cc(-c3cc(-c4ccc5ccccc5c4)c4nc(-c5ccc(-c6cnc7ccccc7n6)cc5)nc(-c5ccc(-c6cnc7ccccc7n6)cc5)c4c3)ccc2c1. The molecule has 3 heterocycles. The van der Waals surface area contributed by atoms with Crippen LogP contribution in [0.4, 0.5) is 0 Å². The van der Waals surface area contributed by atoms with Crippen molar-refractivity contribution in [2.75, 3.05) is 0 Å². The van der Waals surface area contributed by atoms with Crippen LogP contribution < -0.4 is 0 Å². The highest BCUT2D eigenvalue weighted by Crippen LogP contribution is 2.40. The summed E-state index contributed by atoms with van der Waals surface area (Å²) in [6, 6.07) is 67.6. The van der Waals surface area contributed by atoms with Crippen LogP contribution in [0.25, 0.3) is 122 Å². The van der Waals surface area contributed by atoms with Crippen molar-refractivity contribution in [1.29, 1.82) is 0 Å². The number of hydrogen-bond donors (Lipinski definition) is 0. The molecule has 12 aromatic rings. The number of nitrogens with zero attached hydrogens (tertiary/aromatic N) is 6. The maximum absolute atomic E-state index is 5.45. The van der Waals surface area contributed by atoms with Crippen LogP contribution in [0.15, 0.2) is 207 Å². The lowest BCUT2D eigenvalue weighted by atomic mass is 9.92. The average molecular weight is 791 g/mol. The third kappa shape index (κ3) is 6.38. The number of para-hydroxylation sites is 4. The Bertz CT molecular complexity index is 3690. The molecule has 0 fully saturated rings. The Morgan fingerprint density at radius 1 is 0.290 bits per heavy atom. The Hall–Kier alpha value is -8.48. The molecule has 0 atom stereocenters. The number of benzene rings is 9. The smallest absolute Gasteiger partial charge is 0.160 e. The van der Waals surface area contributed by atoms with E-state index in [2.05, 4.69) is 156 Å². The minimum absolute atomic E-state index is 0.633. The molecule has 0 unspecified atom stereocenters. The van der Waals surface area contributed by atoms with Gasteiger partial charge in [0.25, 0.3) is 0 Å². The summed E-state index contributed by atoms with van der Waals surface area (Å²) in [6.45, 7) is 0. The van der Waals surface area contributed by atoms with Gasteiger partial charge in [-0.15, -0.1) is 0 Å². The van der Waals surface area contributed by atoms with Gasteiger partial charge in [-0.2, -0.15) is 0 Å². The summed E-state index contributed by atoms with van der Waals surface area (Å²) in [4.78, 5) is 30.1. The fraction of sp³-hybridized carbons (Fsp3) is 0. The summed E-state index contributed by atoms with van der Waals surface area (Å²) in [6.07, 6.45) is 3.67. The first-order valence-electron chi connectivity index (χ1n) is 20.7. The number of hydrogen-bond acceptors (Lipinski definition) is 6. The van der Waals surface area contributed by atoms with E-state index in [4.69, 9.17) is 19.9 Å². The van der Waals surface area contributed by atoms with E-state index in [0.717, 1.165) is 94.6 Å². The van der Waals surface area contributed by atoms with Gasteiger partial charge in [0, 0.05) is 33.2 Å². The summed E-state index contributed by atoms with van der Waals surface area (Å²) < 4.78 is 0. The van der Waals surface area contributed by atoms with Gasteiger partial charge >= 0.3 is 0 Å². The first kappa shape index (κ1) is 35.5. The van der Waals surface area contributed by atoms with Crippen molar-refractivity contribution in [1.82, 2.24) is 29.9 Å². The summed E-state index contributed by atoms with van der Waals surface area (Å²) in [5, 5.41) is 5.71. The van der Waals surface area contributed by atoms with E-state index in [1.54, 1.807) is 0 Å². The molecule has 62 heavy (non-hydrogen) atoms. The van der Waals surface area contributed by atoms with Crippen LogP contribution in [-0.4, -0.2) is 29.9 Å². The number of aromatic nitrogens is 6. The molecule has 3 aromatic heterocycles. The third-order valence-corrected chi connectivity index (χ3v) is 11.7. The molecule has 0 spiro atoms. The lowest BCUT2D eigenvalue weighted by Crippen LogP contribution is -1.98. The van der Waals surface area contributed by atoms with Crippen LogP contribution in [0.2, 0.25) is 0 Å². The minimum Gasteiger partial charge on any atom is -0.252 e. The van der Waals surface area contributed by atoms with Crippen LogP contribution in [-0.2, 0) is 0 Å². The molecular weight excluding hydrogens is 757 g/mol. The van der Waals surface area contributed by atoms with Gasteiger partial charge in [-0.3, -0.25) is 9.97 Å². The molecule has 0 saturated carbocycles. The molecule has 288 valence electrons. The Labute approximate surface area is 357 Å². The second-order valence-electron chi connectivity index (χ2n) is 15.6. The lowest BCUT2D eigenvalue weighted by Gasteiger charge is -2.16. The van der Waals surface area contributed by atoms with Crippen molar-refractivity contribution in [3.8, 4) is 67.4 Å². The maximum atomic E-state index is 5.45. The summed E-state index contributed by atoms with van der Waals surface area (Å²) >= 11 is 0. The predicted octanol–water partition coefficient (Wildman–Crippen LogP) is 13.8. The van der Waals surface area contributed by atoms with E-state index in [1.165, 1.54) is 21.5 Å². The first-order valence-corrected chi connectivity index (χ1v) is 20.7. The van der Waals surface area contributed by atoms with E-state index < -0.39 is 0 Å². The van der Waals surface area contributed by atoms with E-state index in [1.807, 2.05) is 60.9 Å². The number of fused-ring (bicyclic) bond motifs is 5. The summed E-state index contributed by atoms with van der Waals surface area (Å²) in [5.74, 6) is 0.633. The molecule has 12 rings (SSSR count). The van der Waals surface area contributed by atoms with Gasteiger partial charge in [-0.1, -0.05) is 146 Å². The Morgan fingerprint density at radius 2 is 0.758 bits per heavy atom. The van der Waals surface area contributed by atoms with Gasteiger partial charge < -0.3 is 0 Å². The van der Waals surface area contributed by atoms with Crippen molar-refractivity contribution in [3.63, 3.8) is 0 Å². The van der Waals surface area contributed by atoms with E-state index in [0.29, 0.717) is 5.82 Å². The minimum atomic E-state index is 0.633. The van der Waals surface area contributed by atoms with Crippen molar-refractivity contribution in [3.05, 3.63) is 207 Å². The van der Waals surface area contributed by atoms with Gasteiger partial charge in [-0.05, 0) is 86.8 Å². The standard InChI is InChI=1S/C56H34N6/c1-3-11-41-29-43(27-17-35(41)9-1)45-31-46(44-28-18-36-10-2-4-12-42(36)30-44)55-47(32-45)54(39-23-19-37(20-24-39)52-33-57-48-13-5-7-15-50(48)59-52)61-56(62-55)40-25-21-38(22-26-40)53-34-58-49-14-6-8-16-51(49)60-53/h1-34H. The van der Waals surface area contributed by atoms with Crippen LogP contribution >= 0.6 is 0 Å². The number of rotatable bonds is 6. The molecule has 0 aliphatic rings. The van der Waals surface area contributed by atoms with E-state index >= 15 is 0 Å². The van der Waals surface area contributed by atoms with Crippen LogP contribution in [0.1, 0.15) is 0 Å². The van der Waals surface area contributed by atoms with Crippen LogP contribution in [0.5, 0.6) is 0 Å². The highest BCUT2D eigenvalue weighted by Gasteiger charge is 2.19. The zero-order valence-electron chi connectivity index (χ0n) is 33.3. The highest BCUT2D eigenvalue weighted by atomic mass is 14.9. The van der Waals surface area contributed by atoms with Crippen molar-refractivity contribution in [2.24, 2.45) is 0 Å². The topological polar surface area (TPSA) is 77.3 Å². The van der Waals surface area contributed by atoms with Crippen LogP contribution in [0.3, 0.4) is 0 Å². The second kappa shape index (κ2) is 14.7. The Balaban J connectivity index is 1.07. The quantitative estimate of drug-likeness (QED) is 0.167. The van der Waals surface area contributed by atoms with E-state index in [-0.39, 0.29) is 0 Å². The monoisotopic (exact) mass is 790 g/mol. The Kier molecular flexibility index (Phi) is 8.38. The summed E-state index contributed by atoms with van der Waals surface area (Å²) in [5.41, 5.74) is 15.0. The third-order valence-electron chi connectivity index (χ3n) is 11.7.